The van der Waals surface area contributed by atoms with Gasteiger partial charge in [-0.05, 0) is 101 Å². The van der Waals surface area contributed by atoms with Gasteiger partial charge in [-0.25, -0.2) is 9.97 Å². The topological polar surface area (TPSA) is 65.2 Å². The van der Waals surface area contributed by atoms with E-state index >= 15 is 0 Å². The van der Waals surface area contributed by atoms with Gasteiger partial charge in [-0.3, -0.25) is 0 Å². The minimum atomic E-state index is 0.797. The summed E-state index contributed by atoms with van der Waals surface area (Å²) < 4.78 is 19.9. The molecule has 0 amide bonds. The first-order valence-corrected chi connectivity index (χ1v) is 15.7. The fourth-order valence-electron chi connectivity index (χ4n) is 6.77. The van der Waals surface area contributed by atoms with Gasteiger partial charge in [-0.1, -0.05) is 27.7 Å². The first-order valence-electron chi connectivity index (χ1n) is 15.7. The highest BCUT2D eigenvalue weighted by Crippen LogP contribution is 2.38. The van der Waals surface area contributed by atoms with Gasteiger partial charge in [0.05, 0.1) is 22.8 Å². The molecule has 0 fully saturated rings. The molecule has 2 aliphatic rings. The molecule has 5 nitrogen and oxygen atoms in total. The van der Waals surface area contributed by atoms with Crippen molar-refractivity contribution in [3.8, 4) is 0 Å². The molecule has 0 spiro atoms. The molecule has 0 N–H and O–H groups in total. The van der Waals surface area contributed by atoms with E-state index in [1.807, 2.05) is 0 Å². The third-order valence-corrected chi connectivity index (χ3v) is 9.59. The first-order chi connectivity index (χ1) is 20.6. The van der Waals surface area contributed by atoms with Crippen molar-refractivity contribution < 1.29 is 13.3 Å². The van der Waals surface area contributed by atoms with Crippen LogP contribution in [0.4, 0.5) is 0 Å². The number of nitrogens with zero attached hydrogens (tertiary/aromatic N) is 2. The third kappa shape index (κ3) is 4.52. The van der Waals surface area contributed by atoms with E-state index in [1.54, 1.807) is 0 Å². The van der Waals surface area contributed by atoms with E-state index in [0.717, 1.165) is 104 Å². The second kappa shape index (κ2) is 10.9. The molecule has 0 saturated heterocycles. The number of allylic oxidation sites excluding steroid dienone is 4. The van der Waals surface area contributed by atoms with E-state index in [1.165, 1.54) is 33.4 Å². The lowest BCUT2D eigenvalue weighted by Gasteiger charge is -1.99. The van der Waals surface area contributed by atoms with Crippen LogP contribution in [0.15, 0.2) is 37.5 Å². The molecular weight excluding hydrogens is 532 g/mol. The predicted octanol–water partition coefficient (Wildman–Crippen LogP) is 11.2. The van der Waals surface area contributed by atoms with Crippen LogP contribution in [0.3, 0.4) is 0 Å². The SMILES string of the molecule is CCC1=C(C)c2cc3oc(cc4nc(cc5oc(c(C)c5CC)c5oc(cc1n2)c(CC)c5C)C(CC)=C4C)c(C)c3C. The minimum Gasteiger partial charge on any atom is -0.457 e. The van der Waals surface area contributed by atoms with Crippen molar-refractivity contribution in [2.45, 2.75) is 94.9 Å². The molecule has 0 saturated carbocycles. The van der Waals surface area contributed by atoms with Gasteiger partial charge in [0.15, 0.2) is 11.2 Å². The Hall–Kier alpha value is -4.12. The molecular formula is C38H42N2O3. The maximum absolute atomic E-state index is 6.68. The molecule has 0 radical (unpaired) electrons. The van der Waals surface area contributed by atoms with Crippen molar-refractivity contribution in [3.05, 3.63) is 80.4 Å². The molecule has 6 heterocycles. The van der Waals surface area contributed by atoms with Gasteiger partial charge in [-0.2, -0.15) is 0 Å². The standard InChI is InChI=1S/C38H42N2O3/c1-11-25-21(7)29-15-33-19(5)20(6)34(41-33)16-30-22(8)26(12-2)32(40-30)18-36-28(14-4)24(10)38(43-36)37-23(9)27(13-3)35(42-37)17-31(25)39-29/h15-18H,11-14H2,1-10H3. The van der Waals surface area contributed by atoms with E-state index in [0.29, 0.717) is 0 Å². The molecule has 4 aromatic heterocycles. The number of hydrogen-bond acceptors (Lipinski definition) is 5. The van der Waals surface area contributed by atoms with Gasteiger partial charge in [0.1, 0.15) is 22.3 Å². The first kappa shape index (κ1) is 29.0. The molecule has 4 aromatic rings. The lowest BCUT2D eigenvalue weighted by Crippen LogP contribution is -1.83. The van der Waals surface area contributed by atoms with Crippen molar-refractivity contribution in [1.82, 2.24) is 9.97 Å². The van der Waals surface area contributed by atoms with Crippen molar-refractivity contribution in [1.29, 1.82) is 0 Å². The number of fused-ring (bicyclic) bond motifs is 11. The lowest BCUT2D eigenvalue weighted by atomic mass is 10.0. The summed E-state index contributed by atoms with van der Waals surface area (Å²) in [6.45, 7) is 21.5. The number of furan rings is 3. The Morgan fingerprint density at radius 3 is 1.16 bits per heavy atom. The number of hydrogen-bond donors (Lipinski definition) is 0. The van der Waals surface area contributed by atoms with Gasteiger partial charge >= 0.3 is 0 Å². The van der Waals surface area contributed by atoms with Gasteiger partial charge in [0, 0.05) is 46.5 Å². The molecule has 10 bridgehead atoms. The molecule has 6 rings (SSSR count). The van der Waals surface area contributed by atoms with Gasteiger partial charge in [0.25, 0.3) is 0 Å². The van der Waals surface area contributed by atoms with E-state index in [2.05, 4.69) is 93.5 Å². The Balaban J connectivity index is 1.85. The Kier molecular flexibility index (Phi) is 7.32. The van der Waals surface area contributed by atoms with Crippen LogP contribution >= 0.6 is 0 Å². The maximum Gasteiger partial charge on any atom is 0.173 e. The fourth-order valence-corrected chi connectivity index (χ4v) is 6.77. The zero-order valence-corrected chi connectivity index (χ0v) is 27.3. The Morgan fingerprint density at radius 1 is 0.442 bits per heavy atom. The Morgan fingerprint density at radius 2 is 0.814 bits per heavy atom. The average Bonchev–Trinajstić information content (AvgIpc) is 3.72. The van der Waals surface area contributed by atoms with E-state index in [4.69, 9.17) is 23.2 Å². The van der Waals surface area contributed by atoms with Crippen LogP contribution in [0.25, 0.3) is 55.8 Å². The monoisotopic (exact) mass is 574 g/mol. The van der Waals surface area contributed by atoms with Crippen LogP contribution in [0.1, 0.15) is 111 Å². The highest BCUT2D eigenvalue weighted by atomic mass is 16.4. The van der Waals surface area contributed by atoms with Crippen LogP contribution in [0, 0.1) is 27.7 Å². The van der Waals surface area contributed by atoms with Crippen LogP contribution in [-0.2, 0) is 12.8 Å². The van der Waals surface area contributed by atoms with Crippen molar-refractivity contribution in [3.63, 3.8) is 0 Å². The number of aryl methyl sites for hydroxylation is 6. The maximum atomic E-state index is 6.68. The van der Waals surface area contributed by atoms with Gasteiger partial charge < -0.3 is 13.3 Å². The molecule has 222 valence electrons. The summed E-state index contributed by atoms with van der Waals surface area (Å²) in [5, 5.41) is 0. The molecule has 43 heavy (non-hydrogen) atoms. The Labute approximate surface area is 254 Å². The second-order valence-electron chi connectivity index (χ2n) is 11.8. The van der Waals surface area contributed by atoms with E-state index < -0.39 is 0 Å². The van der Waals surface area contributed by atoms with Crippen LogP contribution in [0.5, 0.6) is 0 Å². The summed E-state index contributed by atoms with van der Waals surface area (Å²) >= 11 is 0. The fraction of sp³-hybridized carbons (Fsp3) is 0.368. The molecule has 5 heteroatoms. The highest BCUT2D eigenvalue weighted by Gasteiger charge is 2.21. The zero-order chi connectivity index (χ0) is 30.7. The van der Waals surface area contributed by atoms with Gasteiger partial charge in [-0.15, -0.1) is 0 Å². The molecule has 0 unspecified atom stereocenters. The highest BCUT2D eigenvalue weighted by molar-refractivity contribution is 5.94. The average molecular weight is 575 g/mol. The number of rotatable bonds is 4. The zero-order valence-electron chi connectivity index (χ0n) is 27.3. The summed E-state index contributed by atoms with van der Waals surface area (Å²) in [7, 11) is 0. The molecule has 2 aliphatic heterocycles. The summed E-state index contributed by atoms with van der Waals surface area (Å²) in [5.74, 6) is 0. The second-order valence-corrected chi connectivity index (χ2v) is 11.8. The van der Waals surface area contributed by atoms with E-state index in [-0.39, 0.29) is 0 Å². The Bertz CT molecular complexity index is 1930. The van der Waals surface area contributed by atoms with Crippen molar-refractivity contribution in [2.75, 3.05) is 0 Å². The van der Waals surface area contributed by atoms with Crippen molar-refractivity contribution in [2.24, 2.45) is 0 Å². The quantitative estimate of drug-likeness (QED) is 0.242. The predicted molar refractivity (Wildman–Crippen MR) is 179 cm³/mol. The summed E-state index contributed by atoms with van der Waals surface area (Å²) in [5.41, 5.74) is 20.3. The van der Waals surface area contributed by atoms with E-state index in [9.17, 15) is 0 Å². The summed E-state index contributed by atoms with van der Waals surface area (Å²) in [6.07, 6.45) is 3.46. The van der Waals surface area contributed by atoms with Crippen LogP contribution in [0.2, 0.25) is 0 Å². The third-order valence-electron chi connectivity index (χ3n) is 9.59. The molecule has 0 aliphatic carbocycles. The number of aromatic nitrogens is 2. The largest absolute Gasteiger partial charge is 0.457 e. The van der Waals surface area contributed by atoms with Crippen LogP contribution < -0.4 is 0 Å². The van der Waals surface area contributed by atoms with Crippen molar-refractivity contribution >= 4 is 55.8 Å². The van der Waals surface area contributed by atoms with Gasteiger partial charge in [0.2, 0.25) is 0 Å². The molecule has 0 aromatic carbocycles. The van der Waals surface area contributed by atoms with Crippen LogP contribution in [-0.4, -0.2) is 9.97 Å². The normalized spacial score (nSPS) is 13.5. The smallest absolute Gasteiger partial charge is 0.173 e. The molecule has 0 atom stereocenters. The lowest BCUT2D eigenvalue weighted by molar-refractivity contribution is 0.625. The summed E-state index contributed by atoms with van der Waals surface area (Å²) in [6, 6.07) is 8.40. The minimum absolute atomic E-state index is 0.797. The summed E-state index contributed by atoms with van der Waals surface area (Å²) in [4.78, 5) is 10.3.